The summed E-state index contributed by atoms with van der Waals surface area (Å²) >= 11 is 3.57. The zero-order valence-corrected chi connectivity index (χ0v) is 13.9. The maximum Gasteiger partial charge on any atom is 0.142 e. The second-order valence-electron chi connectivity index (χ2n) is 5.18. The molecule has 0 radical (unpaired) electrons. The molecule has 3 rings (SSSR count). The monoisotopic (exact) mass is 363 g/mol. The summed E-state index contributed by atoms with van der Waals surface area (Å²) in [6, 6.07) is 11.7. The van der Waals surface area contributed by atoms with Gasteiger partial charge >= 0.3 is 0 Å². The Morgan fingerprint density at radius 2 is 2.00 bits per heavy atom. The summed E-state index contributed by atoms with van der Waals surface area (Å²) in [5.41, 5.74) is 8.20. The smallest absolute Gasteiger partial charge is 0.142 e. The largest absolute Gasteiger partial charge is 0.497 e. The lowest BCUT2D eigenvalue weighted by Crippen LogP contribution is -2.20. The first-order chi connectivity index (χ1) is 10.7. The Balaban J connectivity index is 1.75. The lowest BCUT2D eigenvalue weighted by molar-refractivity contribution is 0.259. The zero-order valence-electron chi connectivity index (χ0n) is 12.3. The third kappa shape index (κ3) is 3.05. The van der Waals surface area contributed by atoms with Crippen molar-refractivity contribution >= 4 is 15.9 Å². The molecule has 0 saturated carbocycles. The molecule has 1 unspecified atom stereocenters. The average molecular weight is 364 g/mol. The van der Waals surface area contributed by atoms with E-state index in [1.54, 1.807) is 7.11 Å². The van der Waals surface area contributed by atoms with E-state index in [0.29, 0.717) is 13.2 Å². The Morgan fingerprint density at radius 3 is 2.73 bits per heavy atom. The van der Waals surface area contributed by atoms with Gasteiger partial charge in [-0.2, -0.15) is 0 Å². The van der Waals surface area contributed by atoms with E-state index in [4.69, 9.17) is 19.9 Å². The predicted molar refractivity (Wildman–Crippen MR) is 88.5 cm³/mol. The molecular weight excluding hydrogens is 346 g/mol. The minimum Gasteiger partial charge on any atom is -0.497 e. The van der Waals surface area contributed by atoms with E-state index in [9.17, 15) is 0 Å². The summed E-state index contributed by atoms with van der Waals surface area (Å²) in [4.78, 5) is 0. The molecule has 116 valence electrons. The van der Waals surface area contributed by atoms with Gasteiger partial charge in [-0.25, -0.2) is 0 Å². The second kappa shape index (κ2) is 6.58. The molecule has 0 spiro atoms. The lowest BCUT2D eigenvalue weighted by Gasteiger charge is -2.25. The van der Waals surface area contributed by atoms with Gasteiger partial charge in [0.2, 0.25) is 0 Å². The van der Waals surface area contributed by atoms with E-state index < -0.39 is 0 Å². The van der Waals surface area contributed by atoms with Gasteiger partial charge in [0.05, 0.1) is 13.7 Å². The van der Waals surface area contributed by atoms with E-state index in [-0.39, 0.29) is 6.04 Å². The molecule has 2 N–H and O–H groups in total. The Morgan fingerprint density at radius 1 is 1.23 bits per heavy atom. The summed E-state index contributed by atoms with van der Waals surface area (Å²) in [5, 5.41) is 0. The molecule has 4 nitrogen and oxygen atoms in total. The maximum atomic E-state index is 6.10. The lowest BCUT2D eigenvalue weighted by atomic mass is 10.0. The topological polar surface area (TPSA) is 53.7 Å². The maximum absolute atomic E-state index is 6.10. The molecule has 1 aliphatic rings. The molecule has 22 heavy (non-hydrogen) atoms. The van der Waals surface area contributed by atoms with Crippen molar-refractivity contribution in [3.8, 4) is 17.2 Å². The van der Waals surface area contributed by atoms with Gasteiger partial charge in [0, 0.05) is 18.0 Å². The van der Waals surface area contributed by atoms with Gasteiger partial charge in [-0.1, -0.05) is 12.1 Å². The summed E-state index contributed by atoms with van der Waals surface area (Å²) in [7, 11) is 1.65. The molecule has 2 aromatic rings. The summed E-state index contributed by atoms with van der Waals surface area (Å²) in [6.45, 7) is 1.11. The molecule has 0 saturated heterocycles. The number of rotatable bonds is 4. The quantitative estimate of drug-likeness (QED) is 0.896. The Labute approximate surface area is 138 Å². The van der Waals surface area contributed by atoms with E-state index >= 15 is 0 Å². The highest BCUT2D eigenvalue weighted by atomic mass is 79.9. The van der Waals surface area contributed by atoms with E-state index in [1.807, 2.05) is 36.4 Å². The minimum atomic E-state index is 0.0238. The van der Waals surface area contributed by atoms with Crippen LogP contribution < -0.4 is 19.9 Å². The van der Waals surface area contributed by atoms with Crippen LogP contribution in [0, 0.1) is 0 Å². The third-order valence-corrected chi connectivity index (χ3v) is 4.47. The summed E-state index contributed by atoms with van der Waals surface area (Å²) < 4.78 is 17.6. The van der Waals surface area contributed by atoms with Crippen molar-refractivity contribution in [2.75, 3.05) is 13.7 Å². The molecule has 0 aliphatic carbocycles. The fraction of sp³-hybridized carbons (Fsp3) is 0.294. The molecule has 1 heterocycles. The van der Waals surface area contributed by atoms with Crippen molar-refractivity contribution in [2.24, 2.45) is 5.73 Å². The van der Waals surface area contributed by atoms with Crippen LogP contribution >= 0.6 is 15.9 Å². The average Bonchev–Trinajstić information content (AvgIpc) is 2.55. The molecule has 0 fully saturated rings. The van der Waals surface area contributed by atoms with Crippen molar-refractivity contribution in [1.29, 1.82) is 0 Å². The molecule has 0 amide bonds. The number of fused-ring (bicyclic) bond motifs is 1. The number of hydrogen-bond acceptors (Lipinski definition) is 4. The fourth-order valence-corrected chi connectivity index (χ4v) is 3.02. The predicted octanol–water partition coefficient (Wildman–Crippen LogP) is 3.82. The normalized spacial score (nSPS) is 16.6. The van der Waals surface area contributed by atoms with Crippen LogP contribution in [0.15, 0.2) is 40.9 Å². The number of nitrogens with two attached hydrogens (primary N) is 1. The Kier molecular flexibility index (Phi) is 4.55. The van der Waals surface area contributed by atoms with Crippen LogP contribution in [-0.2, 0) is 6.61 Å². The van der Waals surface area contributed by atoms with Gasteiger partial charge in [-0.05, 0) is 45.8 Å². The van der Waals surface area contributed by atoms with Gasteiger partial charge in [0.1, 0.15) is 28.3 Å². The molecule has 1 aliphatic heterocycles. The minimum absolute atomic E-state index is 0.0238. The number of ether oxygens (including phenoxy) is 3. The highest BCUT2D eigenvalue weighted by Crippen LogP contribution is 2.42. The highest BCUT2D eigenvalue weighted by molar-refractivity contribution is 9.10. The molecule has 5 heteroatoms. The van der Waals surface area contributed by atoms with Crippen molar-refractivity contribution in [3.63, 3.8) is 0 Å². The highest BCUT2D eigenvalue weighted by Gasteiger charge is 2.22. The standard InChI is InChI=1S/C17H18BrNO3/c1-20-12-4-2-11(3-5-12)10-22-15-7-6-13-14(19)8-9-21-17(13)16(15)18/h2-7,14H,8-10,19H2,1H3. The number of halogens is 1. The van der Waals surface area contributed by atoms with Crippen LogP contribution in [-0.4, -0.2) is 13.7 Å². The SMILES string of the molecule is COc1ccc(COc2ccc3c(c2Br)OCCC3N)cc1. The van der Waals surface area contributed by atoms with Gasteiger partial charge in [-0.15, -0.1) is 0 Å². The first-order valence-corrected chi connectivity index (χ1v) is 7.95. The van der Waals surface area contributed by atoms with E-state index in [0.717, 1.165) is 39.3 Å². The zero-order chi connectivity index (χ0) is 15.5. The van der Waals surface area contributed by atoms with Gasteiger partial charge in [0.25, 0.3) is 0 Å². The third-order valence-electron chi connectivity index (χ3n) is 3.72. The molecule has 0 aromatic heterocycles. The first-order valence-electron chi connectivity index (χ1n) is 7.15. The van der Waals surface area contributed by atoms with Gasteiger partial charge in [0.15, 0.2) is 0 Å². The van der Waals surface area contributed by atoms with E-state index in [2.05, 4.69) is 15.9 Å². The van der Waals surface area contributed by atoms with Crippen LogP contribution in [0.2, 0.25) is 0 Å². The Bertz CT molecular complexity index is 658. The van der Waals surface area contributed by atoms with Crippen LogP contribution in [0.5, 0.6) is 17.2 Å². The summed E-state index contributed by atoms with van der Waals surface area (Å²) in [5.74, 6) is 2.38. The van der Waals surface area contributed by atoms with Crippen LogP contribution in [0.4, 0.5) is 0 Å². The molecule has 1 atom stereocenters. The van der Waals surface area contributed by atoms with Crippen molar-refractivity contribution in [2.45, 2.75) is 19.1 Å². The van der Waals surface area contributed by atoms with Crippen LogP contribution in [0.3, 0.4) is 0 Å². The van der Waals surface area contributed by atoms with Crippen molar-refractivity contribution in [3.05, 3.63) is 52.0 Å². The van der Waals surface area contributed by atoms with Crippen LogP contribution in [0.1, 0.15) is 23.6 Å². The van der Waals surface area contributed by atoms with Crippen molar-refractivity contribution in [1.82, 2.24) is 0 Å². The first kappa shape index (κ1) is 15.2. The summed E-state index contributed by atoms with van der Waals surface area (Å²) in [6.07, 6.45) is 0.839. The Hall–Kier alpha value is -1.72. The second-order valence-corrected chi connectivity index (χ2v) is 5.97. The molecule has 2 aromatic carbocycles. The molecular formula is C17H18BrNO3. The fourth-order valence-electron chi connectivity index (χ4n) is 2.43. The number of hydrogen-bond donors (Lipinski definition) is 1. The van der Waals surface area contributed by atoms with Gasteiger partial charge in [-0.3, -0.25) is 0 Å². The molecule has 0 bridgehead atoms. The number of methoxy groups -OCH3 is 1. The van der Waals surface area contributed by atoms with E-state index in [1.165, 1.54) is 0 Å². The van der Waals surface area contributed by atoms with Crippen molar-refractivity contribution < 1.29 is 14.2 Å². The van der Waals surface area contributed by atoms with Gasteiger partial charge < -0.3 is 19.9 Å². The van der Waals surface area contributed by atoms with Crippen LogP contribution in [0.25, 0.3) is 0 Å². The number of benzene rings is 2.